The van der Waals surface area contributed by atoms with Gasteiger partial charge in [-0.15, -0.1) is 0 Å². The molecular formula is C24H23N3O2. The quantitative estimate of drug-likeness (QED) is 0.683. The average Bonchev–Trinajstić information content (AvgIpc) is 2.78. The van der Waals surface area contributed by atoms with E-state index in [1.165, 1.54) is 11.1 Å². The molecule has 0 saturated carbocycles. The topological polar surface area (TPSA) is 55.3 Å². The summed E-state index contributed by atoms with van der Waals surface area (Å²) in [6.07, 6.45) is 3.97. The predicted octanol–water partition coefficient (Wildman–Crippen LogP) is 3.96. The minimum absolute atomic E-state index is 0.127. The summed E-state index contributed by atoms with van der Waals surface area (Å²) >= 11 is 0. The number of ether oxygens (including phenoxy) is 1. The lowest BCUT2D eigenvalue weighted by Gasteiger charge is -2.30. The van der Waals surface area contributed by atoms with Crippen molar-refractivity contribution in [1.82, 2.24) is 9.97 Å². The second kappa shape index (κ2) is 7.32. The van der Waals surface area contributed by atoms with Crippen LogP contribution in [0.5, 0.6) is 5.75 Å². The number of ketones is 1. The molecule has 2 heterocycles. The number of nitrogens with zero attached hydrogens (tertiary/aromatic N) is 3. The van der Waals surface area contributed by atoms with Gasteiger partial charge in [-0.1, -0.05) is 36.4 Å². The zero-order valence-corrected chi connectivity index (χ0v) is 16.5. The van der Waals surface area contributed by atoms with E-state index in [4.69, 9.17) is 9.72 Å². The summed E-state index contributed by atoms with van der Waals surface area (Å²) in [4.78, 5) is 24.3. The van der Waals surface area contributed by atoms with Crippen molar-refractivity contribution in [3.05, 3.63) is 82.7 Å². The highest BCUT2D eigenvalue weighted by Gasteiger charge is 2.29. The number of hydrogen-bond acceptors (Lipinski definition) is 5. The van der Waals surface area contributed by atoms with E-state index in [9.17, 15) is 4.79 Å². The summed E-state index contributed by atoms with van der Waals surface area (Å²) in [5, 5.41) is 0. The van der Waals surface area contributed by atoms with Gasteiger partial charge < -0.3 is 9.64 Å². The fourth-order valence-electron chi connectivity index (χ4n) is 4.37. The van der Waals surface area contributed by atoms with Gasteiger partial charge in [0.1, 0.15) is 5.75 Å². The van der Waals surface area contributed by atoms with E-state index in [-0.39, 0.29) is 11.7 Å². The normalized spacial score (nSPS) is 18.2. The molecular weight excluding hydrogens is 362 g/mol. The zero-order valence-electron chi connectivity index (χ0n) is 16.5. The van der Waals surface area contributed by atoms with Crippen LogP contribution >= 0.6 is 0 Å². The monoisotopic (exact) mass is 385 g/mol. The molecule has 0 amide bonds. The summed E-state index contributed by atoms with van der Waals surface area (Å²) in [5.74, 6) is 1.82. The lowest BCUT2D eigenvalue weighted by atomic mass is 9.82. The van der Waals surface area contributed by atoms with Crippen LogP contribution in [-0.4, -0.2) is 29.4 Å². The summed E-state index contributed by atoms with van der Waals surface area (Å²) in [5.41, 5.74) is 5.42. The Morgan fingerprint density at radius 3 is 2.62 bits per heavy atom. The molecule has 146 valence electrons. The lowest BCUT2D eigenvalue weighted by Crippen LogP contribution is -2.32. The minimum Gasteiger partial charge on any atom is -0.497 e. The van der Waals surface area contributed by atoms with Crippen LogP contribution in [0.25, 0.3) is 0 Å². The smallest absolute Gasteiger partial charge is 0.225 e. The molecule has 3 aromatic rings. The Kier molecular flexibility index (Phi) is 4.51. The molecule has 5 heteroatoms. The van der Waals surface area contributed by atoms with Gasteiger partial charge in [-0.25, -0.2) is 9.97 Å². The molecule has 5 rings (SSSR count). The van der Waals surface area contributed by atoms with Crippen LogP contribution < -0.4 is 9.64 Å². The third-order valence-electron chi connectivity index (χ3n) is 6.03. The number of aromatic nitrogens is 2. The average molecular weight is 385 g/mol. The SMILES string of the molecule is COc1ccc(C2CC(=O)c3cnc(N4CCc5ccccc5C4)nc3C2)cc1. The van der Waals surface area contributed by atoms with Crippen LogP contribution in [0.4, 0.5) is 5.95 Å². The molecule has 1 aliphatic carbocycles. The van der Waals surface area contributed by atoms with Crippen LogP contribution in [0.2, 0.25) is 0 Å². The third-order valence-corrected chi connectivity index (χ3v) is 6.03. The Morgan fingerprint density at radius 2 is 1.83 bits per heavy atom. The first kappa shape index (κ1) is 17.9. The molecule has 0 spiro atoms. The molecule has 0 radical (unpaired) electrons. The van der Waals surface area contributed by atoms with Crippen molar-refractivity contribution in [2.75, 3.05) is 18.6 Å². The van der Waals surface area contributed by atoms with Crippen molar-refractivity contribution in [1.29, 1.82) is 0 Å². The molecule has 2 aliphatic rings. The summed E-state index contributed by atoms with van der Waals surface area (Å²) in [7, 11) is 1.66. The van der Waals surface area contributed by atoms with Crippen LogP contribution in [0, 0.1) is 0 Å². The molecule has 0 saturated heterocycles. The van der Waals surface area contributed by atoms with Crippen molar-refractivity contribution in [2.45, 2.75) is 31.7 Å². The number of carbonyl (C=O) groups is 1. The standard InChI is InChI=1S/C24H23N3O2/c1-29-20-8-6-17(7-9-20)19-12-22-21(23(28)13-19)14-25-24(26-22)27-11-10-16-4-2-3-5-18(16)15-27/h2-9,14,19H,10-13,15H2,1H3. The van der Waals surface area contributed by atoms with E-state index >= 15 is 0 Å². The Labute approximate surface area is 170 Å². The van der Waals surface area contributed by atoms with Gasteiger partial charge in [-0.3, -0.25) is 4.79 Å². The number of Topliss-reactive ketones (excluding diaryl/α,β-unsaturated/α-hetero) is 1. The predicted molar refractivity (Wildman–Crippen MR) is 112 cm³/mol. The van der Waals surface area contributed by atoms with Crippen LogP contribution in [-0.2, 0) is 19.4 Å². The van der Waals surface area contributed by atoms with Gasteiger partial charge in [-0.2, -0.15) is 0 Å². The van der Waals surface area contributed by atoms with E-state index in [2.05, 4.69) is 34.1 Å². The largest absolute Gasteiger partial charge is 0.497 e. The zero-order chi connectivity index (χ0) is 19.8. The van der Waals surface area contributed by atoms with Crippen LogP contribution in [0.15, 0.2) is 54.7 Å². The van der Waals surface area contributed by atoms with Gasteiger partial charge in [0, 0.05) is 25.7 Å². The van der Waals surface area contributed by atoms with Crippen molar-refractivity contribution in [3.63, 3.8) is 0 Å². The number of rotatable bonds is 3. The van der Waals surface area contributed by atoms with Crippen molar-refractivity contribution in [3.8, 4) is 5.75 Å². The third kappa shape index (κ3) is 3.37. The molecule has 5 nitrogen and oxygen atoms in total. The molecule has 0 fully saturated rings. The van der Waals surface area contributed by atoms with Gasteiger partial charge in [0.25, 0.3) is 0 Å². The number of hydrogen-bond donors (Lipinski definition) is 0. The molecule has 1 aliphatic heterocycles. The first-order valence-electron chi connectivity index (χ1n) is 10.1. The maximum atomic E-state index is 12.7. The maximum Gasteiger partial charge on any atom is 0.225 e. The fraction of sp³-hybridized carbons (Fsp3) is 0.292. The Morgan fingerprint density at radius 1 is 1.03 bits per heavy atom. The molecule has 1 unspecified atom stereocenters. The van der Waals surface area contributed by atoms with E-state index in [1.807, 2.05) is 24.3 Å². The molecule has 0 bridgehead atoms. The van der Waals surface area contributed by atoms with Crippen LogP contribution in [0.1, 0.15) is 45.1 Å². The first-order chi connectivity index (χ1) is 14.2. The molecule has 29 heavy (non-hydrogen) atoms. The van der Waals surface area contributed by atoms with Crippen molar-refractivity contribution in [2.24, 2.45) is 0 Å². The van der Waals surface area contributed by atoms with E-state index in [0.29, 0.717) is 12.0 Å². The molecule has 1 aromatic heterocycles. The second-order valence-electron chi connectivity index (χ2n) is 7.77. The van der Waals surface area contributed by atoms with E-state index < -0.39 is 0 Å². The van der Waals surface area contributed by atoms with E-state index in [0.717, 1.165) is 48.9 Å². The highest BCUT2D eigenvalue weighted by molar-refractivity contribution is 5.98. The fourth-order valence-corrected chi connectivity index (χ4v) is 4.37. The summed E-state index contributed by atoms with van der Waals surface area (Å²) in [6, 6.07) is 16.5. The van der Waals surface area contributed by atoms with E-state index in [1.54, 1.807) is 13.3 Å². The Balaban J connectivity index is 1.41. The Hall–Kier alpha value is -3.21. The second-order valence-corrected chi connectivity index (χ2v) is 7.77. The lowest BCUT2D eigenvalue weighted by molar-refractivity contribution is 0.0962. The van der Waals surface area contributed by atoms with Crippen molar-refractivity contribution >= 4 is 11.7 Å². The molecule has 1 atom stereocenters. The molecule has 2 aromatic carbocycles. The van der Waals surface area contributed by atoms with Gasteiger partial charge in [-0.05, 0) is 47.6 Å². The molecule has 0 N–H and O–H groups in total. The number of fused-ring (bicyclic) bond motifs is 2. The summed E-state index contributed by atoms with van der Waals surface area (Å²) < 4.78 is 5.25. The van der Waals surface area contributed by atoms with Gasteiger partial charge in [0.15, 0.2) is 5.78 Å². The van der Waals surface area contributed by atoms with Gasteiger partial charge in [0.2, 0.25) is 5.95 Å². The van der Waals surface area contributed by atoms with Crippen LogP contribution in [0.3, 0.4) is 0 Å². The number of benzene rings is 2. The highest BCUT2D eigenvalue weighted by atomic mass is 16.5. The minimum atomic E-state index is 0.127. The summed E-state index contributed by atoms with van der Waals surface area (Å²) in [6.45, 7) is 1.70. The van der Waals surface area contributed by atoms with Gasteiger partial charge >= 0.3 is 0 Å². The maximum absolute atomic E-state index is 12.7. The number of methoxy groups -OCH3 is 1. The van der Waals surface area contributed by atoms with Gasteiger partial charge in [0.05, 0.1) is 18.4 Å². The highest BCUT2D eigenvalue weighted by Crippen LogP contribution is 2.33. The van der Waals surface area contributed by atoms with Crippen molar-refractivity contribution < 1.29 is 9.53 Å². The Bertz CT molecular complexity index is 1060. The first-order valence-corrected chi connectivity index (χ1v) is 10.1. The number of anilines is 1. The number of carbonyl (C=O) groups excluding carboxylic acids is 1.